The van der Waals surface area contributed by atoms with E-state index in [9.17, 15) is 18.0 Å². The number of rotatable bonds is 5. The lowest BCUT2D eigenvalue weighted by molar-refractivity contribution is -0.141. The van der Waals surface area contributed by atoms with Crippen molar-refractivity contribution < 1.29 is 13.2 Å². The monoisotopic (exact) mass is 335 g/mol. The number of hydrogen-bond donors (Lipinski definition) is 3. The molecular formula is C17H16F3N3O. The van der Waals surface area contributed by atoms with Gasteiger partial charge >= 0.3 is 6.18 Å². The van der Waals surface area contributed by atoms with Crippen molar-refractivity contribution in [2.24, 2.45) is 0 Å². The molecule has 2 heterocycles. The quantitative estimate of drug-likeness (QED) is 0.627. The van der Waals surface area contributed by atoms with Crippen LogP contribution in [0.2, 0.25) is 0 Å². The third kappa shape index (κ3) is 3.51. The average Bonchev–Trinajstić information content (AvgIpc) is 2.92. The number of halogens is 3. The van der Waals surface area contributed by atoms with Gasteiger partial charge in [-0.2, -0.15) is 13.2 Å². The largest absolute Gasteiger partial charge is 0.431 e. The fourth-order valence-corrected chi connectivity index (χ4v) is 2.70. The molecule has 0 aliphatic rings. The molecule has 0 aliphatic heterocycles. The first-order valence-electron chi connectivity index (χ1n) is 7.50. The van der Waals surface area contributed by atoms with Crippen molar-refractivity contribution in [3.63, 3.8) is 0 Å². The molecule has 0 aliphatic carbocycles. The van der Waals surface area contributed by atoms with E-state index < -0.39 is 11.9 Å². The van der Waals surface area contributed by atoms with E-state index in [1.807, 2.05) is 0 Å². The van der Waals surface area contributed by atoms with E-state index in [2.05, 4.69) is 15.3 Å². The number of alkyl halides is 3. The summed E-state index contributed by atoms with van der Waals surface area (Å²) in [5.74, 6) is 0. The van der Waals surface area contributed by atoms with Crippen LogP contribution in [0.3, 0.4) is 0 Å². The first kappa shape index (κ1) is 16.3. The fourth-order valence-electron chi connectivity index (χ4n) is 2.70. The van der Waals surface area contributed by atoms with Gasteiger partial charge in [-0.15, -0.1) is 0 Å². The van der Waals surface area contributed by atoms with Gasteiger partial charge in [0.05, 0.1) is 0 Å². The molecule has 126 valence electrons. The molecule has 0 amide bonds. The van der Waals surface area contributed by atoms with E-state index in [-0.39, 0.29) is 17.5 Å². The van der Waals surface area contributed by atoms with Gasteiger partial charge in [-0.1, -0.05) is 24.3 Å². The number of hydrogen-bond acceptors (Lipinski definition) is 2. The molecule has 0 unspecified atom stereocenters. The van der Waals surface area contributed by atoms with Gasteiger partial charge in [0, 0.05) is 29.7 Å². The van der Waals surface area contributed by atoms with Crippen LogP contribution in [-0.2, 0) is 19.1 Å². The fraction of sp³-hybridized carbons (Fsp3) is 0.235. The third-order valence-electron chi connectivity index (χ3n) is 3.83. The Hall–Kier alpha value is -2.54. The van der Waals surface area contributed by atoms with E-state index in [4.69, 9.17) is 0 Å². The minimum Gasteiger partial charge on any atom is -0.351 e. The predicted molar refractivity (Wildman–Crippen MR) is 85.8 cm³/mol. The summed E-state index contributed by atoms with van der Waals surface area (Å²) in [5.41, 5.74) is 0.749. The second-order valence-corrected chi connectivity index (χ2v) is 5.51. The number of fused-ring (bicyclic) bond motifs is 1. The van der Waals surface area contributed by atoms with Crippen molar-refractivity contribution in [3.05, 3.63) is 69.8 Å². The molecular weight excluding hydrogens is 319 g/mol. The van der Waals surface area contributed by atoms with Crippen molar-refractivity contribution in [3.8, 4) is 0 Å². The molecule has 4 nitrogen and oxygen atoms in total. The molecule has 3 rings (SSSR count). The molecule has 3 N–H and O–H groups in total. The Morgan fingerprint density at radius 1 is 1.08 bits per heavy atom. The second-order valence-electron chi connectivity index (χ2n) is 5.51. The number of nitrogens with one attached hydrogen (secondary N) is 3. The van der Waals surface area contributed by atoms with Crippen LogP contribution in [0.5, 0.6) is 0 Å². The van der Waals surface area contributed by atoms with E-state index in [0.717, 1.165) is 5.56 Å². The molecule has 0 bridgehead atoms. The Kier molecular flexibility index (Phi) is 4.44. The van der Waals surface area contributed by atoms with Crippen LogP contribution in [0, 0.1) is 0 Å². The molecule has 0 spiro atoms. The van der Waals surface area contributed by atoms with E-state index >= 15 is 0 Å². The first-order valence-corrected chi connectivity index (χ1v) is 7.50. The lowest BCUT2D eigenvalue weighted by Gasteiger charge is -2.09. The Morgan fingerprint density at radius 3 is 2.58 bits per heavy atom. The summed E-state index contributed by atoms with van der Waals surface area (Å²) in [4.78, 5) is 16.0. The Bertz CT molecular complexity index is 875. The lowest BCUT2D eigenvalue weighted by Crippen LogP contribution is -2.19. The number of aromatic amines is 2. The van der Waals surface area contributed by atoms with Gasteiger partial charge in [0.25, 0.3) is 0 Å². The van der Waals surface area contributed by atoms with Crippen molar-refractivity contribution in [1.29, 1.82) is 0 Å². The van der Waals surface area contributed by atoms with Crippen molar-refractivity contribution >= 4 is 10.9 Å². The smallest absolute Gasteiger partial charge is 0.351 e. The Balaban J connectivity index is 1.72. The van der Waals surface area contributed by atoms with E-state index in [0.29, 0.717) is 24.0 Å². The Labute approximate surface area is 135 Å². The van der Waals surface area contributed by atoms with Gasteiger partial charge in [-0.3, -0.25) is 4.79 Å². The number of para-hydroxylation sites is 1. The lowest BCUT2D eigenvalue weighted by atomic mass is 10.1. The molecule has 0 saturated carbocycles. The van der Waals surface area contributed by atoms with Crippen LogP contribution in [0.1, 0.15) is 16.8 Å². The van der Waals surface area contributed by atoms with Gasteiger partial charge in [0.1, 0.15) is 5.69 Å². The highest BCUT2D eigenvalue weighted by Gasteiger charge is 2.35. The van der Waals surface area contributed by atoms with Gasteiger partial charge in [-0.25, -0.2) is 0 Å². The highest BCUT2D eigenvalue weighted by molar-refractivity contribution is 5.84. The summed E-state index contributed by atoms with van der Waals surface area (Å²) in [6.45, 7) is 0.866. The first-order chi connectivity index (χ1) is 11.4. The van der Waals surface area contributed by atoms with E-state index in [1.54, 1.807) is 36.5 Å². The molecule has 3 aromatic rings. The standard InChI is InChI=1S/C17H16F3N3O/c18-17(19,20)16-13(12-3-1-2-4-14(12)23-16)7-8-21-9-11-5-6-15(24)22-10-11/h1-6,10,21,23H,7-9H2,(H,22,24). The topological polar surface area (TPSA) is 60.7 Å². The SMILES string of the molecule is O=c1ccc(CNCCc2c(C(F)(F)F)[nH]c3ccccc23)c[nH]1. The molecule has 2 aromatic heterocycles. The molecule has 0 fully saturated rings. The highest BCUT2D eigenvalue weighted by Crippen LogP contribution is 2.35. The van der Waals surface area contributed by atoms with Gasteiger partial charge in [0.15, 0.2) is 0 Å². The van der Waals surface area contributed by atoms with Crippen LogP contribution in [0.15, 0.2) is 47.4 Å². The summed E-state index contributed by atoms with van der Waals surface area (Å²) < 4.78 is 39.6. The summed E-state index contributed by atoms with van der Waals surface area (Å²) in [5, 5.41) is 3.69. The Morgan fingerprint density at radius 2 is 1.88 bits per heavy atom. The summed E-state index contributed by atoms with van der Waals surface area (Å²) >= 11 is 0. The summed E-state index contributed by atoms with van der Waals surface area (Å²) in [6, 6.07) is 9.86. The minimum absolute atomic E-state index is 0.188. The van der Waals surface area contributed by atoms with Crippen LogP contribution in [0.4, 0.5) is 13.2 Å². The average molecular weight is 335 g/mol. The molecule has 0 radical (unpaired) electrons. The van der Waals surface area contributed by atoms with Crippen LogP contribution < -0.4 is 10.9 Å². The van der Waals surface area contributed by atoms with Crippen molar-refractivity contribution in [2.75, 3.05) is 6.54 Å². The zero-order chi connectivity index (χ0) is 17.2. The van der Waals surface area contributed by atoms with E-state index in [1.165, 1.54) is 6.07 Å². The number of benzene rings is 1. The van der Waals surface area contributed by atoms with Gasteiger partial charge in [0.2, 0.25) is 5.56 Å². The van der Waals surface area contributed by atoms with Crippen molar-refractivity contribution in [2.45, 2.75) is 19.1 Å². The zero-order valence-electron chi connectivity index (χ0n) is 12.7. The summed E-state index contributed by atoms with van der Waals surface area (Å²) in [6.07, 6.45) is -2.57. The molecule has 0 atom stereocenters. The van der Waals surface area contributed by atoms with Crippen LogP contribution in [-0.4, -0.2) is 16.5 Å². The number of aromatic nitrogens is 2. The maximum atomic E-state index is 13.2. The molecule has 7 heteroatoms. The van der Waals surface area contributed by atoms with Crippen molar-refractivity contribution in [1.82, 2.24) is 15.3 Å². The minimum atomic E-state index is -4.41. The number of H-pyrrole nitrogens is 2. The molecule has 0 saturated heterocycles. The third-order valence-corrected chi connectivity index (χ3v) is 3.83. The van der Waals surface area contributed by atoms with Crippen LogP contribution in [0.25, 0.3) is 10.9 Å². The maximum absolute atomic E-state index is 13.2. The summed E-state index contributed by atoms with van der Waals surface area (Å²) in [7, 11) is 0. The maximum Gasteiger partial charge on any atom is 0.431 e. The van der Waals surface area contributed by atoms with Gasteiger partial charge < -0.3 is 15.3 Å². The number of pyridine rings is 1. The van der Waals surface area contributed by atoms with Crippen LogP contribution >= 0.6 is 0 Å². The zero-order valence-corrected chi connectivity index (χ0v) is 12.7. The predicted octanol–water partition coefficient (Wildman–Crippen LogP) is 3.21. The second kappa shape index (κ2) is 6.52. The molecule has 24 heavy (non-hydrogen) atoms. The normalized spacial score (nSPS) is 12.0. The highest BCUT2D eigenvalue weighted by atomic mass is 19.4. The van der Waals surface area contributed by atoms with Gasteiger partial charge in [-0.05, 0) is 30.2 Å². The molecule has 1 aromatic carbocycles.